The van der Waals surface area contributed by atoms with Gasteiger partial charge in [-0.2, -0.15) is 0 Å². The van der Waals surface area contributed by atoms with E-state index in [9.17, 15) is 5.11 Å². The third kappa shape index (κ3) is 3.15. The van der Waals surface area contributed by atoms with Crippen molar-refractivity contribution in [2.45, 2.75) is 45.6 Å². The second kappa shape index (κ2) is 4.14. The molecule has 0 saturated carbocycles. The second-order valence-electron chi connectivity index (χ2n) is 5.00. The van der Waals surface area contributed by atoms with Crippen molar-refractivity contribution in [2.24, 2.45) is 0 Å². The van der Waals surface area contributed by atoms with Gasteiger partial charge in [-0.15, -0.1) is 0 Å². The maximum Gasteiger partial charge on any atom is 0.0552 e. The summed E-state index contributed by atoms with van der Waals surface area (Å²) in [6.45, 7) is 8.43. The lowest BCUT2D eigenvalue weighted by molar-refractivity contribution is 0.195. The number of benzene rings is 1. The Morgan fingerprint density at radius 2 is 1.64 bits per heavy atom. The SMILES string of the molecule is C[C@H](O)Cc1ccc(C(C)(C)C)cc1. The van der Waals surface area contributed by atoms with Crippen LogP contribution in [0, 0.1) is 0 Å². The molecule has 1 nitrogen and oxygen atoms in total. The molecule has 14 heavy (non-hydrogen) atoms. The van der Waals surface area contributed by atoms with E-state index < -0.39 is 0 Å². The van der Waals surface area contributed by atoms with Crippen molar-refractivity contribution in [2.75, 3.05) is 0 Å². The summed E-state index contributed by atoms with van der Waals surface area (Å²) in [5.74, 6) is 0. The van der Waals surface area contributed by atoms with Crippen LogP contribution in [-0.2, 0) is 11.8 Å². The molecule has 1 rings (SSSR count). The Morgan fingerprint density at radius 1 is 1.14 bits per heavy atom. The summed E-state index contributed by atoms with van der Waals surface area (Å²) in [5, 5.41) is 9.23. The zero-order valence-electron chi connectivity index (χ0n) is 9.54. The smallest absolute Gasteiger partial charge is 0.0552 e. The number of rotatable bonds is 2. The average molecular weight is 192 g/mol. The molecule has 0 saturated heterocycles. The van der Waals surface area contributed by atoms with Crippen LogP contribution in [0.1, 0.15) is 38.8 Å². The fourth-order valence-electron chi connectivity index (χ4n) is 1.48. The highest BCUT2D eigenvalue weighted by molar-refractivity contribution is 5.27. The van der Waals surface area contributed by atoms with E-state index in [-0.39, 0.29) is 11.5 Å². The Kier molecular flexibility index (Phi) is 3.33. The Morgan fingerprint density at radius 3 is 2.00 bits per heavy atom. The standard InChI is InChI=1S/C13H20O/c1-10(14)9-11-5-7-12(8-6-11)13(2,3)4/h5-8,10,14H,9H2,1-4H3/t10-/m0/s1. The van der Waals surface area contributed by atoms with Crippen LogP contribution in [0.3, 0.4) is 0 Å². The Bertz CT molecular complexity index is 277. The monoisotopic (exact) mass is 192 g/mol. The van der Waals surface area contributed by atoms with Crippen molar-refractivity contribution < 1.29 is 5.11 Å². The molecule has 1 aromatic rings. The zero-order valence-corrected chi connectivity index (χ0v) is 9.54. The quantitative estimate of drug-likeness (QED) is 0.764. The molecule has 78 valence electrons. The van der Waals surface area contributed by atoms with E-state index in [0.29, 0.717) is 0 Å². The lowest BCUT2D eigenvalue weighted by Gasteiger charge is -2.19. The van der Waals surface area contributed by atoms with Crippen molar-refractivity contribution in [1.82, 2.24) is 0 Å². The van der Waals surface area contributed by atoms with Gasteiger partial charge in [0, 0.05) is 0 Å². The third-order valence-electron chi connectivity index (χ3n) is 2.35. The van der Waals surface area contributed by atoms with Crippen LogP contribution in [0.4, 0.5) is 0 Å². The summed E-state index contributed by atoms with van der Waals surface area (Å²) in [6.07, 6.45) is 0.486. The molecule has 0 aliphatic heterocycles. The summed E-state index contributed by atoms with van der Waals surface area (Å²) in [4.78, 5) is 0. The summed E-state index contributed by atoms with van der Waals surface area (Å²) >= 11 is 0. The molecular weight excluding hydrogens is 172 g/mol. The Labute approximate surface area is 86.8 Å². The van der Waals surface area contributed by atoms with E-state index in [1.54, 1.807) is 0 Å². The van der Waals surface area contributed by atoms with E-state index in [2.05, 4.69) is 45.0 Å². The molecular formula is C13H20O. The molecule has 0 unspecified atom stereocenters. The summed E-state index contributed by atoms with van der Waals surface area (Å²) in [7, 11) is 0. The van der Waals surface area contributed by atoms with Crippen molar-refractivity contribution >= 4 is 0 Å². The Balaban J connectivity index is 2.79. The maximum absolute atomic E-state index is 9.23. The first kappa shape index (κ1) is 11.3. The maximum atomic E-state index is 9.23. The van der Waals surface area contributed by atoms with Gasteiger partial charge in [0.15, 0.2) is 0 Å². The zero-order chi connectivity index (χ0) is 10.8. The van der Waals surface area contributed by atoms with Crippen LogP contribution in [0.25, 0.3) is 0 Å². The highest BCUT2D eigenvalue weighted by Gasteiger charge is 2.12. The van der Waals surface area contributed by atoms with Gasteiger partial charge in [0.25, 0.3) is 0 Å². The van der Waals surface area contributed by atoms with Gasteiger partial charge in [0.1, 0.15) is 0 Å². The first-order valence-corrected chi connectivity index (χ1v) is 5.17. The van der Waals surface area contributed by atoms with Crippen LogP contribution in [-0.4, -0.2) is 11.2 Å². The molecule has 0 aliphatic carbocycles. The minimum atomic E-state index is -0.254. The molecule has 1 N–H and O–H groups in total. The molecule has 0 amide bonds. The molecule has 1 aromatic carbocycles. The molecule has 0 heterocycles. The van der Waals surface area contributed by atoms with Crippen LogP contribution in [0.15, 0.2) is 24.3 Å². The molecule has 0 aliphatic rings. The van der Waals surface area contributed by atoms with Gasteiger partial charge < -0.3 is 5.11 Å². The lowest BCUT2D eigenvalue weighted by atomic mass is 9.86. The number of hydrogen-bond donors (Lipinski definition) is 1. The van der Waals surface area contributed by atoms with Gasteiger partial charge in [-0.05, 0) is 29.9 Å². The van der Waals surface area contributed by atoms with Crippen molar-refractivity contribution in [3.8, 4) is 0 Å². The van der Waals surface area contributed by atoms with Crippen LogP contribution >= 0.6 is 0 Å². The molecule has 0 fully saturated rings. The van der Waals surface area contributed by atoms with Gasteiger partial charge in [-0.1, -0.05) is 45.0 Å². The third-order valence-corrected chi connectivity index (χ3v) is 2.35. The summed E-state index contributed by atoms with van der Waals surface area (Å²) in [5.41, 5.74) is 2.75. The predicted octanol–water partition coefficient (Wildman–Crippen LogP) is 2.91. The van der Waals surface area contributed by atoms with Crippen molar-refractivity contribution in [1.29, 1.82) is 0 Å². The second-order valence-corrected chi connectivity index (χ2v) is 5.00. The predicted molar refractivity (Wildman–Crippen MR) is 60.5 cm³/mol. The number of aliphatic hydroxyl groups is 1. The average Bonchev–Trinajstić information content (AvgIpc) is 2.02. The lowest BCUT2D eigenvalue weighted by Crippen LogP contribution is -2.11. The van der Waals surface area contributed by atoms with Gasteiger partial charge >= 0.3 is 0 Å². The fraction of sp³-hybridized carbons (Fsp3) is 0.538. The fourth-order valence-corrected chi connectivity index (χ4v) is 1.48. The number of aliphatic hydroxyl groups excluding tert-OH is 1. The highest BCUT2D eigenvalue weighted by Crippen LogP contribution is 2.22. The largest absolute Gasteiger partial charge is 0.393 e. The first-order valence-electron chi connectivity index (χ1n) is 5.17. The minimum Gasteiger partial charge on any atom is -0.393 e. The van der Waals surface area contributed by atoms with E-state index in [1.165, 1.54) is 11.1 Å². The molecule has 0 spiro atoms. The van der Waals surface area contributed by atoms with Crippen molar-refractivity contribution in [3.05, 3.63) is 35.4 Å². The van der Waals surface area contributed by atoms with Crippen molar-refractivity contribution in [3.63, 3.8) is 0 Å². The molecule has 0 radical (unpaired) electrons. The van der Waals surface area contributed by atoms with Gasteiger partial charge in [0.05, 0.1) is 6.10 Å². The van der Waals surface area contributed by atoms with Crippen LogP contribution in [0.2, 0.25) is 0 Å². The van der Waals surface area contributed by atoms with E-state index >= 15 is 0 Å². The summed E-state index contributed by atoms with van der Waals surface area (Å²) < 4.78 is 0. The topological polar surface area (TPSA) is 20.2 Å². The van der Waals surface area contributed by atoms with E-state index in [0.717, 1.165) is 6.42 Å². The first-order chi connectivity index (χ1) is 6.39. The number of hydrogen-bond acceptors (Lipinski definition) is 1. The summed E-state index contributed by atoms with van der Waals surface area (Å²) in [6, 6.07) is 8.51. The van der Waals surface area contributed by atoms with Gasteiger partial charge in [0.2, 0.25) is 0 Å². The molecule has 1 heteroatoms. The normalized spacial score (nSPS) is 14.1. The van der Waals surface area contributed by atoms with Gasteiger partial charge in [-0.3, -0.25) is 0 Å². The Hall–Kier alpha value is -0.820. The molecule has 0 aromatic heterocycles. The molecule has 1 atom stereocenters. The van der Waals surface area contributed by atoms with Crippen LogP contribution < -0.4 is 0 Å². The van der Waals surface area contributed by atoms with E-state index in [4.69, 9.17) is 0 Å². The highest BCUT2D eigenvalue weighted by atomic mass is 16.3. The van der Waals surface area contributed by atoms with Gasteiger partial charge in [-0.25, -0.2) is 0 Å². The van der Waals surface area contributed by atoms with Crippen LogP contribution in [0.5, 0.6) is 0 Å². The minimum absolute atomic E-state index is 0.212. The molecule has 0 bridgehead atoms. The van der Waals surface area contributed by atoms with E-state index in [1.807, 2.05) is 6.92 Å².